The van der Waals surface area contributed by atoms with Gasteiger partial charge < -0.3 is 10.0 Å². The molecule has 1 heterocycles. The Kier molecular flexibility index (Phi) is 3.79. The largest absolute Gasteiger partial charge is 0.396 e. The molecular formula is C12H13BrFNO2. The van der Waals surface area contributed by atoms with Gasteiger partial charge >= 0.3 is 0 Å². The second-order valence-corrected chi connectivity index (χ2v) is 4.98. The Morgan fingerprint density at radius 2 is 2.35 bits per heavy atom. The van der Waals surface area contributed by atoms with Crippen LogP contribution in [-0.4, -0.2) is 35.6 Å². The van der Waals surface area contributed by atoms with Crippen LogP contribution < -0.4 is 0 Å². The standard InChI is InChI=1S/C12H13BrFNO2/c13-11-9(2-1-3-10(11)14)12(17)15-5-4-8(6-15)7-16/h1-3,8,16H,4-7H2. The van der Waals surface area contributed by atoms with E-state index in [1.165, 1.54) is 12.1 Å². The summed E-state index contributed by atoms with van der Waals surface area (Å²) in [6.07, 6.45) is 0.801. The Hall–Kier alpha value is -0.940. The zero-order valence-corrected chi connectivity index (χ0v) is 10.8. The fraction of sp³-hybridized carbons (Fsp3) is 0.417. The van der Waals surface area contributed by atoms with Gasteiger partial charge in [-0.1, -0.05) is 6.07 Å². The van der Waals surface area contributed by atoms with Gasteiger partial charge in [-0.05, 0) is 34.5 Å². The smallest absolute Gasteiger partial charge is 0.255 e. The van der Waals surface area contributed by atoms with Crippen LogP contribution in [0.3, 0.4) is 0 Å². The molecule has 1 amide bonds. The first kappa shape index (κ1) is 12.5. The summed E-state index contributed by atoms with van der Waals surface area (Å²) in [4.78, 5) is 13.8. The van der Waals surface area contributed by atoms with Gasteiger partial charge in [0.1, 0.15) is 5.82 Å². The molecule has 0 bridgehead atoms. The normalized spacial score (nSPS) is 19.7. The van der Waals surface area contributed by atoms with E-state index in [1.54, 1.807) is 11.0 Å². The molecule has 1 aromatic carbocycles. The van der Waals surface area contributed by atoms with Crippen LogP contribution in [0.1, 0.15) is 16.8 Å². The highest BCUT2D eigenvalue weighted by atomic mass is 79.9. The zero-order chi connectivity index (χ0) is 12.4. The molecule has 1 aromatic rings. The molecule has 0 spiro atoms. The minimum atomic E-state index is -0.436. The van der Waals surface area contributed by atoms with Crippen molar-refractivity contribution >= 4 is 21.8 Å². The summed E-state index contributed by atoms with van der Waals surface area (Å²) in [5, 5.41) is 9.03. The van der Waals surface area contributed by atoms with Crippen LogP contribution in [-0.2, 0) is 0 Å². The molecule has 0 aromatic heterocycles. The summed E-state index contributed by atoms with van der Waals surface area (Å²) in [5.41, 5.74) is 0.337. The molecule has 1 saturated heterocycles. The van der Waals surface area contributed by atoms with Crippen LogP contribution in [0, 0.1) is 11.7 Å². The van der Waals surface area contributed by atoms with Gasteiger partial charge in [-0.15, -0.1) is 0 Å². The fourth-order valence-corrected chi connectivity index (χ4v) is 2.44. The van der Waals surface area contributed by atoms with Gasteiger partial charge in [-0.3, -0.25) is 4.79 Å². The Labute approximate surface area is 107 Å². The first-order chi connectivity index (χ1) is 8.13. The maximum absolute atomic E-state index is 13.3. The molecule has 0 saturated carbocycles. The van der Waals surface area contributed by atoms with E-state index in [0.29, 0.717) is 18.7 Å². The molecule has 17 heavy (non-hydrogen) atoms. The van der Waals surface area contributed by atoms with E-state index in [9.17, 15) is 9.18 Å². The van der Waals surface area contributed by atoms with Crippen molar-refractivity contribution in [2.45, 2.75) is 6.42 Å². The molecule has 1 N–H and O–H groups in total. The van der Waals surface area contributed by atoms with Gasteiger partial charge in [-0.25, -0.2) is 4.39 Å². The monoisotopic (exact) mass is 301 g/mol. The van der Waals surface area contributed by atoms with Gasteiger partial charge in [0.2, 0.25) is 0 Å². The zero-order valence-electron chi connectivity index (χ0n) is 9.20. The van der Waals surface area contributed by atoms with Gasteiger partial charge in [0.25, 0.3) is 5.91 Å². The van der Waals surface area contributed by atoms with Crippen LogP contribution >= 0.6 is 15.9 Å². The van der Waals surface area contributed by atoms with Crippen molar-refractivity contribution in [3.05, 3.63) is 34.1 Å². The number of rotatable bonds is 2. The van der Waals surface area contributed by atoms with Crippen molar-refractivity contribution in [2.75, 3.05) is 19.7 Å². The summed E-state index contributed by atoms with van der Waals surface area (Å²) < 4.78 is 13.5. The maximum Gasteiger partial charge on any atom is 0.255 e. The lowest BCUT2D eigenvalue weighted by Crippen LogP contribution is -2.29. The molecule has 0 radical (unpaired) electrons. The summed E-state index contributed by atoms with van der Waals surface area (Å²) in [6, 6.07) is 4.43. The molecule has 3 nitrogen and oxygen atoms in total. The lowest BCUT2D eigenvalue weighted by atomic mass is 10.1. The number of hydrogen-bond acceptors (Lipinski definition) is 2. The highest BCUT2D eigenvalue weighted by Crippen LogP contribution is 2.24. The first-order valence-electron chi connectivity index (χ1n) is 5.47. The predicted octanol–water partition coefficient (Wildman–Crippen LogP) is 2.04. The third-order valence-corrected chi connectivity index (χ3v) is 3.82. The van der Waals surface area contributed by atoms with Gasteiger partial charge in [-0.2, -0.15) is 0 Å². The van der Waals surface area contributed by atoms with Crippen molar-refractivity contribution < 1.29 is 14.3 Å². The third kappa shape index (κ3) is 2.50. The molecule has 5 heteroatoms. The number of nitrogens with zero attached hydrogens (tertiary/aromatic N) is 1. The number of likely N-dealkylation sites (tertiary alicyclic amines) is 1. The quantitative estimate of drug-likeness (QED) is 0.908. The minimum absolute atomic E-state index is 0.0914. The number of carbonyl (C=O) groups excluding carboxylic acids is 1. The minimum Gasteiger partial charge on any atom is -0.396 e. The van der Waals surface area contributed by atoms with E-state index >= 15 is 0 Å². The van der Waals surface area contributed by atoms with E-state index in [0.717, 1.165) is 6.42 Å². The van der Waals surface area contributed by atoms with E-state index in [1.807, 2.05) is 0 Å². The number of hydrogen-bond donors (Lipinski definition) is 1. The SMILES string of the molecule is O=C(c1cccc(F)c1Br)N1CCC(CO)C1. The number of halogens is 2. The molecule has 1 atom stereocenters. The van der Waals surface area contributed by atoms with Crippen molar-refractivity contribution in [1.29, 1.82) is 0 Å². The number of carbonyl (C=O) groups is 1. The van der Waals surface area contributed by atoms with E-state index in [-0.39, 0.29) is 22.9 Å². The first-order valence-corrected chi connectivity index (χ1v) is 6.27. The highest BCUT2D eigenvalue weighted by Gasteiger charge is 2.27. The van der Waals surface area contributed by atoms with E-state index in [2.05, 4.69) is 15.9 Å². The summed E-state index contributed by atoms with van der Waals surface area (Å²) in [5.74, 6) is -0.479. The Balaban J connectivity index is 2.18. The summed E-state index contributed by atoms with van der Waals surface area (Å²) >= 11 is 3.09. The van der Waals surface area contributed by atoms with Gasteiger partial charge in [0, 0.05) is 25.6 Å². The Morgan fingerprint density at radius 3 is 3.00 bits per heavy atom. The summed E-state index contributed by atoms with van der Waals surface area (Å²) in [6.45, 7) is 1.25. The van der Waals surface area contributed by atoms with Crippen molar-refractivity contribution in [3.8, 4) is 0 Å². The van der Waals surface area contributed by atoms with E-state index in [4.69, 9.17) is 5.11 Å². The molecule has 92 valence electrons. The number of aliphatic hydroxyl groups is 1. The average molecular weight is 302 g/mol. The molecule has 0 aliphatic carbocycles. The molecule has 1 aliphatic rings. The van der Waals surface area contributed by atoms with Crippen LogP contribution in [0.25, 0.3) is 0 Å². The Bertz CT molecular complexity index is 439. The Morgan fingerprint density at radius 1 is 1.59 bits per heavy atom. The van der Waals surface area contributed by atoms with Gasteiger partial charge in [0.05, 0.1) is 10.0 Å². The van der Waals surface area contributed by atoms with Crippen LogP contribution in [0.4, 0.5) is 4.39 Å². The van der Waals surface area contributed by atoms with Crippen LogP contribution in [0.5, 0.6) is 0 Å². The molecule has 1 aliphatic heterocycles. The van der Waals surface area contributed by atoms with Gasteiger partial charge in [0.15, 0.2) is 0 Å². The molecule has 1 fully saturated rings. The van der Waals surface area contributed by atoms with Crippen LogP contribution in [0.2, 0.25) is 0 Å². The lowest BCUT2D eigenvalue weighted by molar-refractivity contribution is 0.0780. The second-order valence-electron chi connectivity index (χ2n) is 4.19. The average Bonchev–Trinajstić information content (AvgIpc) is 2.80. The van der Waals surface area contributed by atoms with Crippen molar-refractivity contribution in [1.82, 2.24) is 4.90 Å². The molecule has 2 rings (SSSR count). The molecular weight excluding hydrogens is 289 g/mol. The third-order valence-electron chi connectivity index (χ3n) is 3.01. The maximum atomic E-state index is 13.3. The lowest BCUT2D eigenvalue weighted by Gasteiger charge is -2.17. The van der Waals surface area contributed by atoms with Crippen molar-refractivity contribution in [2.24, 2.45) is 5.92 Å². The number of amides is 1. The highest BCUT2D eigenvalue weighted by molar-refractivity contribution is 9.10. The predicted molar refractivity (Wildman–Crippen MR) is 65.2 cm³/mol. The molecule has 1 unspecified atom stereocenters. The van der Waals surface area contributed by atoms with Crippen LogP contribution in [0.15, 0.2) is 22.7 Å². The summed E-state index contributed by atoms with van der Waals surface area (Å²) in [7, 11) is 0. The topological polar surface area (TPSA) is 40.5 Å². The fourth-order valence-electron chi connectivity index (χ4n) is 2.01. The van der Waals surface area contributed by atoms with Crippen molar-refractivity contribution in [3.63, 3.8) is 0 Å². The number of benzene rings is 1. The second kappa shape index (κ2) is 5.14. The van der Waals surface area contributed by atoms with E-state index < -0.39 is 5.82 Å². The number of aliphatic hydroxyl groups excluding tert-OH is 1.